The third kappa shape index (κ3) is 5.60. The largest absolute Gasteiger partial charge is 0.493 e. The van der Waals surface area contributed by atoms with Gasteiger partial charge in [-0.1, -0.05) is 54.2 Å². The van der Waals surface area contributed by atoms with E-state index in [2.05, 4.69) is 10.2 Å². The van der Waals surface area contributed by atoms with Crippen molar-refractivity contribution in [2.24, 2.45) is 0 Å². The third-order valence-electron chi connectivity index (χ3n) is 4.91. The molecule has 32 heavy (non-hydrogen) atoms. The Morgan fingerprint density at radius 2 is 1.81 bits per heavy atom. The average Bonchev–Trinajstić information content (AvgIpc) is 3.23. The lowest BCUT2D eigenvalue weighted by molar-refractivity contribution is -0.127. The molecular weight excluding hydrogens is 428 g/mol. The summed E-state index contributed by atoms with van der Waals surface area (Å²) in [7, 11) is 6.62. The quantitative estimate of drug-likeness (QED) is 0.409. The van der Waals surface area contributed by atoms with Gasteiger partial charge in [-0.3, -0.25) is 9.36 Å². The summed E-state index contributed by atoms with van der Waals surface area (Å²) in [6.07, 6.45) is 0. The first kappa shape index (κ1) is 23.6. The normalized spacial score (nSPS) is 10.8. The first-order valence-corrected chi connectivity index (χ1v) is 11.1. The average molecular weight is 457 g/mol. The molecule has 0 aliphatic heterocycles. The molecule has 3 aromatic rings. The number of ether oxygens (including phenoxy) is 3. The fraction of sp³-hybridized carbons (Fsp3) is 0.348. The van der Waals surface area contributed by atoms with Crippen molar-refractivity contribution in [3.05, 3.63) is 54.1 Å². The molecule has 170 valence electrons. The number of rotatable bonds is 11. The lowest BCUT2D eigenvalue weighted by Crippen LogP contribution is -2.28. The molecule has 0 aliphatic rings. The summed E-state index contributed by atoms with van der Waals surface area (Å²) in [4.78, 5) is 14.5. The highest BCUT2D eigenvalue weighted by atomic mass is 32.2. The second-order valence-electron chi connectivity index (χ2n) is 7.01. The lowest BCUT2D eigenvalue weighted by Gasteiger charge is -2.20. The summed E-state index contributed by atoms with van der Waals surface area (Å²) in [5.41, 5.74) is 1.85. The molecular formula is C23H28N4O4S. The van der Waals surface area contributed by atoms with Gasteiger partial charge in [0.25, 0.3) is 0 Å². The molecule has 1 amide bonds. The van der Waals surface area contributed by atoms with Gasteiger partial charge in [-0.05, 0) is 6.07 Å². The number of aromatic nitrogens is 3. The smallest absolute Gasteiger partial charge is 0.233 e. The van der Waals surface area contributed by atoms with Crippen molar-refractivity contribution in [1.29, 1.82) is 0 Å². The van der Waals surface area contributed by atoms with Gasteiger partial charge in [0.15, 0.2) is 22.5 Å². The van der Waals surface area contributed by atoms with E-state index in [0.717, 1.165) is 17.0 Å². The van der Waals surface area contributed by atoms with E-state index >= 15 is 0 Å². The highest BCUT2D eigenvalue weighted by molar-refractivity contribution is 7.99. The van der Waals surface area contributed by atoms with Gasteiger partial charge in [0.2, 0.25) is 5.91 Å². The van der Waals surface area contributed by atoms with Gasteiger partial charge in [-0.25, -0.2) is 0 Å². The van der Waals surface area contributed by atoms with Crippen LogP contribution in [-0.4, -0.2) is 66.3 Å². The highest BCUT2D eigenvalue weighted by Gasteiger charge is 2.18. The Morgan fingerprint density at radius 1 is 1.03 bits per heavy atom. The topological polar surface area (TPSA) is 78.7 Å². The van der Waals surface area contributed by atoms with Gasteiger partial charge in [0.1, 0.15) is 0 Å². The number of amides is 1. The molecule has 0 spiro atoms. The van der Waals surface area contributed by atoms with Crippen LogP contribution in [-0.2, 0) is 22.6 Å². The Labute approximate surface area is 192 Å². The summed E-state index contributed by atoms with van der Waals surface area (Å²) in [5.74, 6) is 2.24. The molecule has 9 heteroatoms. The monoisotopic (exact) mass is 456 g/mol. The van der Waals surface area contributed by atoms with Gasteiger partial charge in [0, 0.05) is 31.8 Å². The van der Waals surface area contributed by atoms with Gasteiger partial charge in [0.05, 0.1) is 33.1 Å². The fourth-order valence-corrected chi connectivity index (χ4v) is 4.14. The molecule has 1 aromatic heterocycles. The number of benzene rings is 2. The standard InChI is InChI=1S/C23H28N4O4S/c1-26(15-18-11-8-12-19(30-3)21(18)31-4)20(28)16-32-23-25-24-22(27(23)13-14-29-2)17-9-6-5-7-10-17/h5-12H,13-16H2,1-4H3. The van der Waals surface area contributed by atoms with Crippen LogP contribution in [0.25, 0.3) is 11.4 Å². The minimum absolute atomic E-state index is 0.0255. The van der Waals surface area contributed by atoms with Gasteiger partial charge in [-0.2, -0.15) is 0 Å². The Morgan fingerprint density at radius 3 is 2.50 bits per heavy atom. The first-order valence-electron chi connectivity index (χ1n) is 10.1. The zero-order valence-corrected chi connectivity index (χ0v) is 19.6. The molecule has 1 heterocycles. The minimum atomic E-state index is -0.0255. The Bertz CT molecular complexity index is 1030. The number of carbonyl (C=O) groups excluding carboxylic acids is 1. The number of para-hydroxylation sites is 1. The van der Waals surface area contributed by atoms with Crippen LogP contribution in [0.3, 0.4) is 0 Å². The van der Waals surface area contributed by atoms with Gasteiger partial charge in [-0.15, -0.1) is 10.2 Å². The molecule has 0 aliphatic carbocycles. The molecule has 0 saturated carbocycles. The molecule has 2 aromatic carbocycles. The summed E-state index contributed by atoms with van der Waals surface area (Å²) >= 11 is 1.36. The maximum atomic E-state index is 12.8. The van der Waals surface area contributed by atoms with Gasteiger partial charge < -0.3 is 19.1 Å². The zero-order chi connectivity index (χ0) is 22.9. The Kier molecular flexibility index (Phi) is 8.52. The van der Waals surface area contributed by atoms with E-state index < -0.39 is 0 Å². The molecule has 0 atom stereocenters. The minimum Gasteiger partial charge on any atom is -0.493 e. The number of hydrogen-bond donors (Lipinski definition) is 0. The van der Waals surface area contributed by atoms with Crippen molar-refractivity contribution in [1.82, 2.24) is 19.7 Å². The molecule has 3 rings (SSSR count). The van der Waals surface area contributed by atoms with Crippen LogP contribution in [0.2, 0.25) is 0 Å². The maximum absolute atomic E-state index is 12.8. The number of thioether (sulfide) groups is 1. The second kappa shape index (κ2) is 11.5. The van der Waals surface area contributed by atoms with Crippen molar-refractivity contribution in [2.75, 3.05) is 40.7 Å². The van der Waals surface area contributed by atoms with Crippen LogP contribution in [0.4, 0.5) is 0 Å². The molecule has 0 bridgehead atoms. The maximum Gasteiger partial charge on any atom is 0.233 e. The second-order valence-corrected chi connectivity index (χ2v) is 7.95. The van der Waals surface area contributed by atoms with Crippen molar-refractivity contribution < 1.29 is 19.0 Å². The molecule has 0 fully saturated rings. The van der Waals surface area contributed by atoms with E-state index in [1.807, 2.05) is 53.1 Å². The van der Waals surface area contributed by atoms with Crippen LogP contribution in [0.5, 0.6) is 11.5 Å². The van der Waals surface area contributed by atoms with Crippen molar-refractivity contribution >= 4 is 17.7 Å². The third-order valence-corrected chi connectivity index (χ3v) is 5.86. The predicted octanol–water partition coefficient (Wildman–Crippen LogP) is 3.36. The van der Waals surface area contributed by atoms with E-state index in [-0.39, 0.29) is 11.7 Å². The van der Waals surface area contributed by atoms with Crippen molar-refractivity contribution in [2.45, 2.75) is 18.2 Å². The van der Waals surface area contributed by atoms with E-state index in [9.17, 15) is 4.79 Å². The number of nitrogens with zero attached hydrogens (tertiary/aromatic N) is 4. The summed E-state index contributed by atoms with van der Waals surface area (Å²) < 4.78 is 18.1. The van der Waals surface area contributed by atoms with Crippen LogP contribution in [0.15, 0.2) is 53.7 Å². The molecule has 0 unspecified atom stereocenters. The van der Waals surface area contributed by atoms with E-state index in [1.54, 1.807) is 33.3 Å². The molecule has 0 saturated heterocycles. The van der Waals surface area contributed by atoms with Crippen LogP contribution >= 0.6 is 11.8 Å². The van der Waals surface area contributed by atoms with Crippen molar-refractivity contribution in [3.8, 4) is 22.9 Å². The predicted molar refractivity (Wildman–Crippen MR) is 124 cm³/mol. The zero-order valence-electron chi connectivity index (χ0n) is 18.8. The van der Waals surface area contributed by atoms with Crippen LogP contribution < -0.4 is 9.47 Å². The Hall–Kier alpha value is -3.04. The molecule has 0 radical (unpaired) electrons. The summed E-state index contributed by atoms with van der Waals surface area (Å²) in [6, 6.07) is 15.5. The SMILES string of the molecule is COCCn1c(SCC(=O)N(C)Cc2cccc(OC)c2OC)nnc1-c1ccccc1. The number of hydrogen-bond acceptors (Lipinski definition) is 7. The van der Waals surface area contributed by atoms with E-state index in [0.29, 0.717) is 36.4 Å². The molecule has 8 nitrogen and oxygen atoms in total. The van der Waals surface area contributed by atoms with Crippen LogP contribution in [0.1, 0.15) is 5.56 Å². The van der Waals surface area contributed by atoms with E-state index in [4.69, 9.17) is 14.2 Å². The summed E-state index contributed by atoms with van der Waals surface area (Å²) in [5, 5.41) is 9.36. The lowest BCUT2D eigenvalue weighted by atomic mass is 10.1. The number of methoxy groups -OCH3 is 3. The van der Waals surface area contributed by atoms with E-state index in [1.165, 1.54) is 11.8 Å². The fourth-order valence-electron chi connectivity index (χ4n) is 3.24. The van der Waals surface area contributed by atoms with Crippen molar-refractivity contribution in [3.63, 3.8) is 0 Å². The van der Waals surface area contributed by atoms with Crippen LogP contribution in [0, 0.1) is 0 Å². The van der Waals surface area contributed by atoms with Gasteiger partial charge >= 0.3 is 0 Å². The first-order chi connectivity index (χ1) is 15.6. The Balaban J connectivity index is 1.70. The highest BCUT2D eigenvalue weighted by Crippen LogP contribution is 2.31. The summed E-state index contributed by atoms with van der Waals surface area (Å²) in [6.45, 7) is 1.53. The number of carbonyl (C=O) groups is 1. The molecule has 0 N–H and O–H groups in total.